The Morgan fingerprint density at radius 3 is 2.83 bits per heavy atom. The average molecular weight is 255 g/mol. The lowest BCUT2D eigenvalue weighted by Crippen LogP contribution is -1.99. The molecule has 3 rings (SSSR count). The Morgan fingerprint density at radius 2 is 2.00 bits per heavy atom. The summed E-state index contributed by atoms with van der Waals surface area (Å²) in [6.07, 6.45) is 12.1. The summed E-state index contributed by atoms with van der Waals surface area (Å²) in [6.45, 7) is 2.19. The fraction of sp³-hybridized carbons (Fsp3) is 0.176. The van der Waals surface area contributed by atoms with Gasteiger partial charge in [0.05, 0.1) is 0 Å². The first-order valence-electron chi connectivity index (χ1n) is 6.25. The van der Waals surface area contributed by atoms with Crippen LogP contribution in [0.1, 0.15) is 24.8 Å². The van der Waals surface area contributed by atoms with Gasteiger partial charge in [-0.1, -0.05) is 65.8 Å². The zero-order chi connectivity index (χ0) is 12.5. The molecule has 1 atom stereocenters. The van der Waals surface area contributed by atoms with E-state index in [4.69, 9.17) is 11.6 Å². The van der Waals surface area contributed by atoms with E-state index in [0.717, 1.165) is 11.4 Å². The molecule has 0 saturated carbocycles. The SMILES string of the molecule is CC1=CC2=C(C=CC=CC2c2ccccc2Cl)C1. The van der Waals surface area contributed by atoms with Gasteiger partial charge in [0, 0.05) is 10.9 Å². The van der Waals surface area contributed by atoms with Crippen LogP contribution in [0.15, 0.2) is 71.4 Å². The van der Waals surface area contributed by atoms with Crippen molar-refractivity contribution in [2.75, 3.05) is 0 Å². The molecule has 0 radical (unpaired) electrons. The highest BCUT2D eigenvalue weighted by Crippen LogP contribution is 2.40. The standard InChI is InChI=1S/C17H15Cl/c1-12-10-13-6-2-3-7-14(16(13)11-12)15-8-4-5-9-17(15)18/h2-9,11,14H,10H2,1H3. The Kier molecular flexibility index (Phi) is 2.97. The normalized spacial score (nSPS) is 21.9. The van der Waals surface area contributed by atoms with Gasteiger partial charge in [-0.25, -0.2) is 0 Å². The van der Waals surface area contributed by atoms with E-state index >= 15 is 0 Å². The minimum atomic E-state index is 0.279. The van der Waals surface area contributed by atoms with Crippen molar-refractivity contribution in [3.8, 4) is 0 Å². The summed E-state index contributed by atoms with van der Waals surface area (Å²) in [4.78, 5) is 0. The summed E-state index contributed by atoms with van der Waals surface area (Å²) in [7, 11) is 0. The van der Waals surface area contributed by atoms with Crippen molar-refractivity contribution in [3.05, 3.63) is 82.0 Å². The van der Waals surface area contributed by atoms with E-state index in [-0.39, 0.29) is 5.92 Å². The van der Waals surface area contributed by atoms with E-state index in [1.807, 2.05) is 12.1 Å². The second-order valence-corrected chi connectivity index (χ2v) is 5.30. The molecule has 90 valence electrons. The quantitative estimate of drug-likeness (QED) is 0.646. The van der Waals surface area contributed by atoms with Crippen molar-refractivity contribution < 1.29 is 0 Å². The van der Waals surface area contributed by atoms with Gasteiger partial charge in [0.15, 0.2) is 0 Å². The number of benzene rings is 1. The largest absolute Gasteiger partial charge is 0.0840 e. The molecule has 2 aliphatic rings. The van der Waals surface area contributed by atoms with Crippen molar-refractivity contribution in [2.45, 2.75) is 19.3 Å². The van der Waals surface area contributed by atoms with Crippen LogP contribution in [0.5, 0.6) is 0 Å². The molecule has 0 N–H and O–H groups in total. The van der Waals surface area contributed by atoms with Crippen LogP contribution in [-0.2, 0) is 0 Å². The highest BCUT2D eigenvalue weighted by atomic mass is 35.5. The van der Waals surface area contributed by atoms with E-state index in [2.05, 4.69) is 49.4 Å². The number of allylic oxidation sites excluding steroid dienone is 8. The summed E-state index contributed by atoms with van der Waals surface area (Å²) in [5, 5.41) is 0.846. The van der Waals surface area contributed by atoms with Crippen LogP contribution in [0.4, 0.5) is 0 Å². The van der Waals surface area contributed by atoms with Crippen molar-refractivity contribution >= 4 is 11.6 Å². The van der Waals surface area contributed by atoms with Gasteiger partial charge < -0.3 is 0 Å². The zero-order valence-corrected chi connectivity index (χ0v) is 11.1. The molecular formula is C17H15Cl. The van der Waals surface area contributed by atoms with E-state index in [1.54, 1.807) is 0 Å². The molecule has 2 aliphatic carbocycles. The maximum atomic E-state index is 6.34. The summed E-state index contributed by atoms with van der Waals surface area (Å²) in [5.74, 6) is 0.279. The Labute approximate surface area is 113 Å². The zero-order valence-electron chi connectivity index (χ0n) is 10.4. The van der Waals surface area contributed by atoms with Crippen LogP contribution in [-0.4, -0.2) is 0 Å². The van der Waals surface area contributed by atoms with Crippen molar-refractivity contribution in [3.63, 3.8) is 0 Å². The summed E-state index contributed by atoms with van der Waals surface area (Å²) >= 11 is 6.34. The van der Waals surface area contributed by atoms with Gasteiger partial charge in [-0.05, 0) is 36.1 Å². The highest BCUT2D eigenvalue weighted by molar-refractivity contribution is 6.31. The van der Waals surface area contributed by atoms with Crippen molar-refractivity contribution in [1.29, 1.82) is 0 Å². The molecular weight excluding hydrogens is 240 g/mol. The van der Waals surface area contributed by atoms with Gasteiger partial charge >= 0.3 is 0 Å². The molecule has 0 aromatic heterocycles. The van der Waals surface area contributed by atoms with Gasteiger partial charge in [0.1, 0.15) is 0 Å². The number of halogens is 1. The molecule has 1 unspecified atom stereocenters. The van der Waals surface area contributed by atoms with Crippen LogP contribution in [0, 0.1) is 0 Å². The van der Waals surface area contributed by atoms with E-state index < -0.39 is 0 Å². The predicted octanol–water partition coefficient (Wildman–Crippen LogP) is 5.20. The van der Waals surface area contributed by atoms with Gasteiger partial charge in [-0.2, -0.15) is 0 Å². The second kappa shape index (κ2) is 4.62. The Morgan fingerprint density at radius 1 is 1.17 bits per heavy atom. The molecule has 0 nitrogen and oxygen atoms in total. The first kappa shape index (κ1) is 11.6. The lowest BCUT2D eigenvalue weighted by atomic mass is 9.89. The van der Waals surface area contributed by atoms with Gasteiger partial charge in [-0.15, -0.1) is 0 Å². The third-order valence-corrected chi connectivity index (χ3v) is 3.87. The topological polar surface area (TPSA) is 0 Å². The van der Waals surface area contributed by atoms with Crippen molar-refractivity contribution in [2.24, 2.45) is 0 Å². The molecule has 0 spiro atoms. The monoisotopic (exact) mass is 254 g/mol. The molecule has 0 saturated heterocycles. The molecule has 0 heterocycles. The highest BCUT2D eigenvalue weighted by Gasteiger charge is 2.22. The van der Waals surface area contributed by atoms with Crippen LogP contribution in [0.3, 0.4) is 0 Å². The summed E-state index contributed by atoms with van der Waals surface area (Å²) < 4.78 is 0. The number of rotatable bonds is 1. The molecule has 18 heavy (non-hydrogen) atoms. The van der Waals surface area contributed by atoms with E-state index in [1.165, 1.54) is 22.3 Å². The second-order valence-electron chi connectivity index (χ2n) is 4.89. The minimum Gasteiger partial charge on any atom is -0.0840 e. The summed E-state index contributed by atoms with van der Waals surface area (Å²) in [5.41, 5.74) is 5.43. The Hall–Kier alpha value is -1.53. The van der Waals surface area contributed by atoms with Gasteiger partial charge in [-0.3, -0.25) is 0 Å². The molecule has 0 fully saturated rings. The molecule has 0 amide bonds. The first-order chi connectivity index (χ1) is 8.75. The van der Waals surface area contributed by atoms with Crippen LogP contribution >= 0.6 is 11.6 Å². The molecule has 1 aromatic rings. The first-order valence-corrected chi connectivity index (χ1v) is 6.63. The molecule has 1 heteroatoms. The van der Waals surface area contributed by atoms with Crippen LogP contribution in [0.2, 0.25) is 5.02 Å². The van der Waals surface area contributed by atoms with Gasteiger partial charge in [0.2, 0.25) is 0 Å². The van der Waals surface area contributed by atoms with E-state index in [0.29, 0.717) is 0 Å². The fourth-order valence-corrected chi connectivity index (χ4v) is 2.96. The lowest BCUT2D eigenvalue weighted by molar-refractivity contribution is 1.02. The van der Waals surface area contributed by atoms with E-state index in [9.17, 15) is 0 Å². The Balaban J connectivity index is 2.11. The molecule has 0 bridgehead atoms. The molecule has 1 aromatic carbocycles. The smallest absolute Gasteiger partial charge is 0.0447 e. The Bertz CT molecular complexity index is 600. The fourth-order valence-electron chi connectivity index (χ4n) is 2.71. The maximum absolute atomic E-state index is 6.34. The van der Waals surface area contributed by atoms with Gasteiger partial charge in [0.25, 0.3) is 0 Å². The number of hydrogen-bond donors (Lipinski definition) is 0. The number of hydrogen-bond acceptors (Lipinski definition) is 0. The third-order valence-electron chi connectivity index (χ3n) is 3.53. The average Bonchev–Trinajstić information content (AvgIpc) is 2.62. The third kappa shape index (κ3) is 1.97. The van der Waals surface area contributed by atoms with Crippen LogP contribution in [0.25, 0.3) is 0 Å². The summed E-state index contributed by atoms with van der Waals surface area (Å²) in [6, 6.07) is 8.12. The molecule has 0 aliphatic heterocycles. The predicted molar refractivity (Wildman–Crippen MR) is 77.9 cm³/mol. The minimum absolute atomic E-state index is 0.279. The maximum Gasteiger partial charge on any atom is 0.0447 e. The lowest BCUT2D eigenvalue weighted by Gasteiger charge is -2.16. The van der Waals surface area contributed by atoms with Crippen molar-refractivity contribution in [1.82, 2.24) is 0 Å². The van der Waals surface area contributed by atoms with Crippen LogP contribution < -0.4 is 0 Å².